The van der Waals surface area contributed by atoms with Gasteiger partial charge in [-0.15, -0.1) is 11.8 Å². The summed E-state index contributed by atoms with van der Waals surface area (Å²) in [5, 5.41) is 16.3. The van der Waals surface area contributed by atoms with Gasteiger partial charge in [-0.2, -0.15) is 0 Å². The third-order valence-electron chi connectivity index (χ3n) is 11.3. The quantitative estimate of drug-likeness (QED) is 0.0557. The zero-order valence-corrected chi connectivity index (χ0v) is 37.5. The van der Waals surface area contributed by atoms with Crippen LogP contribution < -0.4 is 19.8 Å². The van der Waals surface area contributed by atoms with E-state index in [9.17, 15) is 18.5 Å². The Morgan fingerprint density at radius 1 is 0.820 bits per heavy atom. The first-order valence-electron chi connectivity index (χ1n) is 20.3. The van der Waals surface area contributed by atoms with Gasteiger partial charge in [0.1, 0.15) is 5.69 Å². The van der Waals surface area contributed by atoms with Gasteiger partial charge in [0, 0.05) is 89.3 Å². The summed E-state index contributed by atoms with van der Waals surface area (Å²) in [6.45, 7) is 8.35. The standard InChI is InChI=1S/C47H52ClN7O4S2/c1-33-34(2)52(5)47(35-14-16-37(48)17-15-35)46(33)36-10-9-11-41(30-36)54-28-26-53(27-29-54)40-20-18-38(19-21-40)50-61(58,59)43-22-23-44(45(31-43)55(56)57)49-39(24-25-51(3)4)32-60-42-12-7-6-8-13-42/h6-23,30-31,39,49-50H,24-29,32H2,1-5H3/t39-/m1/s1. The molecular weight excluding hydrogens is 826 g/mol. The normalized spacial score (nSPS) is 13.7. The number of nitro benzene ring substituents is 1. The molecule has 318 valence electrons. The van der Waals surface area contributed by atoms with E-state index in [1.807, 2.05) is 68.7 Å². The van der Waals surface area contributed by atoms with Gasteiger partial charge < -0.3 is 24.6 Å². The van der Waals surface area contributed by atoms with Crippen LogP contribution in [0.3, 0.4) is 0 Å². The lowest BCUT2D eigenvalue weighted by Gasteiger charge is -2.37. The molecular formula is C47H52ClN7O4S2. The van der Waals surface area contributed by atoms with E-state index >= 15 is 0 Å². The number of hydrogen-bond acceptors (Lipinski definition) is 9. The molecule has 7 rings (SSSR count). The Morgan fingerprint density at radius 2 is 1.49 bits per heavy atom. The van der Waals surface area contributed by atoms with Gasteiger partial charge in [-0.3, -0.25) is 14.8 Å². The van der Waals surface area contributed by atoms with Crippen molar-refractivity contribution in [3.63, 3.8) is 0 Å². The predicted molar refractivity (Wildman–Crippen MR) is 253 cm³/mol. The van der Waals surface area contributed by atoms with Crippen molar-refractivity contribution in [2.24, 2.45) is 7.05 Å². The molecule has 1 aliphatic heterocycles. The highest BCUT2D eigenvalue weighted by Crippen LogP contribution is 2.40. The van der Waals surface area contributed by atoms with Gasteiger partial charge in [0.15, 0.2) is 0 Å². The van der Waals surface area contributed by atoms with Crippen molar-refractivity contribution in [3.8, 4) is 22.4 Å². The zero-order chi connectivity index (χ0) is 43.3. The summed E-state index contributed by atoms with van der Waals surface area (Å²) in [6, 6.07) is 38.0. The maximum atomic E-state index is 13.6. The first-order chi connectivity index (χ1) is 29.3. The maximum Gasteiger partial charge on any atom is 0.293 e. The summed E-state index contributed by atoms with van der Waals surface area (Å²) in [6.07, 6.45) is 0.743. The Balaban J connectivity index is 0.995. The molecule has 2 N–H and O–H groups in total. The molecule has 0 saturated carbocycles. The molecule has 0 unspecified atom stereocenters. The molecule has 0 aliphatic carbocycles. The van der Waals surface area contributed by atoms with Crippen molar-refractivity contribution in [2.75, 3.05) is 72.4 Å². The number of rotatable bonds is 16. The molecule has 0 radical (unpaired) electrons. The highest BCUT2D eigenvalue weighted by molar-refractivity contribution is 7.99. The van der Waals surface area contributed by atoms with Gasteiger partial charge in [0.05, 0.1) is 15.5 Å². The van der Waals surface area contributed by atoms with Crippen LogP contribution in [-0.4, -0.2) is 81.4 Å². The fourth-order valence-corrected chi connectivity index (χ4v) is 9.97. The maximum absolute atomic E-state index is 13.6. The van der Waals surface area contributed by atoms with Crippen molar-refractivity contribution in [1.29, 1.82) is 0 Å². The fourth-order valence-electron chi connectivity index (χ4n) is 7.78. The van der Waals surface area contributed by atoms with Crippen LogP contribution in [0.5, 0.6) is 0 Å². The molecule has 6 aromatic rings. The third-order valence-corrected chi connectivity index (χ3v) is 14.1. The van der Waals surface area contributed by atoms with Crippen LogP contribution in [0.25, 0.3) is 22.4 Å². The smallest absolute Gasteiger partial charge is 0.293 e. The molecule has 1 fully saturated rings. The van der Waals surface area contributed by atoms with Crippen LogP contribution >= 0.6 is 23.4 Å². The molecule has 11 nitrogen and oxygen atoms in total. The number of sulfonamides is 1. The Labute approximate surface area is 368 Å². The number of nitro groups is 1. The van der Waals surface area contributed by atoms with Gasteiger partial charge in [0.2, 0.25) is 0 Å². The van der Waals surface area contributed by atoms with Gasteiger partial charge in [-0.25, -0.2) is 8.42 Å². The molecule has 5 aromatic carbocycles. The molecule has 1 aliphatic rings. The first-order valence-corrected chi connectivity index (χ1v) is 23.1. The van der Waals surface area contributed by atoms with E-state index in [1.165, 1.54) is 45.9 Å². The number of anilines is 4. The molecule has 14 heteroatoms. The largest absolute Gasteiger partial charge is 0.376 e. The Hall–Kier alpha value is -5.47. The highest BCUT2D eigenvalue weighted by Gasteiger charge is 2.25. The first kappa shape index (κ1) is 43.6. The summed E-state index contributed by atoms with van der Waals surface area (Å²) in [7, 11) is 1.96. The molecule has 0 amide bonds. The molecule has 0 bridgehead atoms. The van der Waals surface area contributed by atoms with E-state index < -0.39 is 14.9 Å². The van der Waals surface area contributed by atoms with Gasteiger partial charge in [-0.05, 0) is 130 Å². The minimum atomic E-state index is -4.13. The van der Waals surface area contributed by atoms with Crippen molar-refractivity contribution in [1.82, 2.24) is 9.47 Å². The number of nitrogens with one attached hydrogen (secondary N) is 2. The second-order valence-corrected chi connectivity index (χ2v) is 18.9. The summed E-state index contributed by atoms with van der Waals surface area (Å²) in [4.78, 5) is 19.4. The van der Waals surface area contributed by atoms with E-state index in [0.717, 1.165) is 61.4 Å². The SMILES string of the molecule is Cc1c(-c2cccc(N3CCN(c4ccc(NS(=O)(=O)c5ccc(N[C@H](CCN(C)C)CSc6ccccc6)c([N+](=O)[O-])c5)cc4)CC3)c2)c(-c2ccc(Cl)cc2)n(C)c1C. The average Bonchev–Trinajstić information content (AvgIpc) is 3.49. The highest BCUT2D eigenvalue weighted by atomic mass is 35.5. The number of aromatic nitrogens is 1. The number of benzene rings is 5. The minimum absolute atomic E-state index is 0.0947. The number of hydrogen-bond donors (Lipinski definition) is 2. The monoisotopic (exact) mass is 877 g/mol. The van der Waals surface area contributed by atoms with E-state index in [0.29, 0.717) is 16.5 Å². The summed E-state index contributed by atoms with van der Waals surface area (Å²) in [5.41, 5.74) is 9.66. The molecule has 0 spiro atoms. The van der Waals surface area contributed by atoms with Gasteiger partial charge >= 0.3 is 0 Å². The molecule has 61 heavy (non-hydrogen) atoms. The van der Waals surface area contributed by atoms with Crippen molar-refractivity contribution in [2.45, 2.75) is 36.1 Å². The van der Waals surface area contributed by atoms with Crippen LogP contribution in [0.15, 0.2) is 131 Å². The van der Waals surface area contributed by atoms with Gasteiger partial charge in [0.25, 0.3) is 15.7 Å². The summed E-state index contributed by atoms with van der Waals surface area (Å²) >= 11 is 7.90. The second kappa shape index (κ2) is 19.1. The molecule has 2 heterocycles. The summed E-state index contributed by atoms with van der Waals surface area (Å²) < 4.78 is 32.0. The van der Waals surface area contributed by atoms with E-state index in [4.69, 9.17) is 11.6 Å². The zero-order valence-electron chi connectivity index (χ0n) is 35.1. The Bertz CT molecular complexity index is 2580. The van der Waals surface area contributed by atoms with Crippen molar-refractivity contribution < 1.29 is 13.3 Å². The minimum Gasteiger partial charge on any atom is -0.376 e. The number of halogens is 1. The predicted octanol–water partition coefficient (Wildman–Crippen LogP) is 10.2. The fraction of sp³-hybridized carbons (Fsp3) is 0.277. The number of thioether (sulfide) groups is 1. The van der Waals surface area contributed by atoms with Crippen LogP contribution in [0.1, 0.15) is 17.7 Å². The van der Waals surface area contributed by atoms with Crippen molar-refractivity contribution >= 4 is 61.8 Å². The Morgan fingerprint density at radius 3 is 2.15 bits per heavy atom. The molecule has 1 saturated heterocycles. The second-order valence-electron chi connectivity index (χ2n) is 15.7. The molecule has 1 atom stereocenters. The number of nitrogens with zero attached hydrogens (tertiary/aromatic N) is 5. The lowest BCUT2D eigenvalue weighted by Crippen LogP contribution is -2.46. The van der Waals surface area contributed by atoms with Crippen molar-refractivity contribution in [3.05, 3.63) is 148 Å². The van der Waals surface area contributed by atoms with Crippen LogP contribution in [0.2, 0.25) is 5.02 Å². The number of piperazine rings is 1. The van der Waals surface area contributed by atoms with Gasteiger partial charge in [-0.1, -0.05) is 54.1 Å². The van der Waals surface area contributed by atoms with Crippen LogP contribution in [0.4, 0.5) is 28.4 Å². The topological polar surface area (TPSA) is 116 Å². The molecule has 1 aromatic heterocycles. The van der Waals surface area contributed by atoms with E-state index in [-0.39, 0.29) is 22.3 Å². The lowest BCUT2D eigenvalue weighted by atomic mass is 9.97. The van der Waals surface area contributed by atoms with Crippen LogP contribution in [-0.2, 0) is 17.1 Å². The van der Waals surface area contributed by atoms with Crippen LogP contribution in [0, 0.1) is 24.0 Å². The average molecular weight is 879 g/mol. The van der Waals surface area contributed by atoms with E-state index in [2.05, 4.69) is 86.6 Å². The summed E-state index contributed by atoms with van der Waals surface area (Å²) in [5.74, 6) is 0.678. The Kier molecular flexibility index (Phi) is 13.6. The third kappa shape index (κ3) is 10.4. The lowest BCUT2D eigenvalue weighted by molar-refractivity contribution is -0.384. The van der Waals surface area contributed by atoms with E-state index in [1.54, 1.807) is 23.9 Å².